The van der Waals surface area contributed by atoms with Crippen molar-refractivity contribution in [3.63, 3.8) is 0 Å². The van der Waals surface area contributed by atoms with Gasteiger partial charge in [-0.25, -0.2) is 4.98 Å². The molecule has 0 bridgehead atoms. The standard InChI is InChI=1S/C6H6O.C4H5NO.2C2H6/c7-6-4-2-1-3-5-6;1-4-2-6-3-5-4;2*1-2/h1-5,7H;2-3H,1H3;2*1-2H3. The number of nitrogens with zero attached hydrogens (tertiary/aromatic N) is 1. The summed E-state index contributed by atoms with van der Waals surface area (Å²) in [6.45, 7) is 9.88. The third-order valence-corrected chi connectivity index (χ3v) is 1.31. The fraction of sp³-hybridized carbons (Fsp3) is 0.357. The van der Waals surface area contributed by atoms with Crippen LogP contribution >= 0.6 is 0 Å². The molecule has 96 valence electrons. The first-order valence-electron chi connectivity index (χ1n) is 5.88. The zero-order valence-electron chi connectivity index (χ0n) is 11.3. The molecule has 0 saturated heterocycles. The number of aromatic hydroxyl groups is 1. The molecule has 0 spiro atoms. The number of phenols is 1. The molecule has 3 nitrogen and oxygen atoms in total. The van der Waals surface area contributed by atoms with Gasteiger partial charge in [0.05, 0.1) is 5.69 Å². The Hall–Kier alpha value is -1.77. The molecule has 17 heavy (non-hydrogen) atoms. The summed E-state index contributed by atoms with van der Waals surface area (Å²) in [6, 6.07) is 8.71. The summed E-state index contributed by atoms with van der Waals surface area (Å²) in [4.78, 5) is 3.75. The highest BCUT2D eigenvalue weighted by Gasteiger charge is 1.77. The van der Waals surface area contributed by atoms with Crippen molar-refractivity contribution < 1.29 is 9.52 Å². The Kier molecular flexibility index (Phi) is 14.7. The molecule has 0 amide bonds. The Balaban J connectivity index is 0. The zero-order chi connectivity index (χ0) is 13.5. The summed E-state index contributed by atoms with van der Waals surface area (Å²) in [7, 11) is 0. The van der Waals surface area contributed by atoms with Gasteiger partial charge < -0.3 is 9.52 Å². The maximum absolute atomic E-state index is 8.63. The normalized spacial score (nSPS) is 7.35. The number of rotatable bonds is 0. The van der Waals surface area contributed by atoms with Crippen molar-refractivity contribution in [3.8, 4) is 5.75 Å². The van der Waals surface area contributed by atoms with Gasteiger partial charge in [0, 0.05) is 0 Å². The zero-order valence-corrected chi connectivity index (χ0v) is 11.3. The third kappa shape index (κ3) is 12.2. The van der Waals surface area contributed by atoms with Crippen LogP contribution in [0.2, 0.25) is 0 Å². The Morgan fingerprint density at radius 2 is 1.53 bits per heavy atom. The van der Waals surface area contributed by atoms with E-state index in [0.29, 0.717) is 5.75 Å². The van der Waals surface area contributed by atoms with E-state index >= 15 is 0 Å². The molecule has 0 atom stereocenters. The molecule has 3 heteroatoms. The van der Waals surface area contributed by atoms with Crippen molar-refractivity contribution in [3.05, 3.63) is 48.7 Å². The summed E-state index contributed by atoms with van der Waals surface area (Å²) in [5.74, 6) is 0.322. The number of aromatic nitrogens is 1. The summed E-state index contributed by atoms with van der Waals surface area (Å²) in [6.07, 6.45) is 3.01. The van der Waals surface area contributed by atoms with Crippen LogP contribution < -0.4 is 0 Å². The first-order chi connectivity index (χ1) is 8.29. The molecule has 1 N–H and O–H groups in total. The average molecular weight is 237 g/mol. The molecule has 0 aliphatic rings. The largest absolute Gasteiger partial charge is 0.508 e. The van der Waals surface area contributed by atoms with Gasteiger partial charge in [-0.05, 0) is 19.1 Å². The van der Waals surface area contributed by atoms with Crippen molar-refractivity contribution in [2.24, 2.45) is 0 Å². The fourth-order valence-corrected chi connectivity index (χ4v) is 0.701. The predicted molar refractivity (Wildman–Crippen MR) is 72.0 cm³/mol. The summed E-state index contributed by atoms with van der Waals surface area (Å²) >= 11 is 0. The van der Waals surface area contributed by atoms with E-state index in [-0.39, 0.29) is 0 Å². The quantitative estimate of drug-likeness (QED) is 0.737. The molecule has 0 radical (unpaired) electrons. The third-order valence-electron chi connectivity index (χ3n) is 1.31. The van der Waals surface area contributed by atoms with E-state index in [4.69, 9.17) is 5.11 Å². The molecular weight excluding hydrogens is 214 g/mol. The minimum Gasteiger partial charge on any atom is -0.508 e. The first-order valence-corrected chi connectivity index (χ1v) is 5.88. The Morgan fingerprint density at radius 1 is 1.00 bits per heavy atom. The predicted octanol–water partition coefficient (Wildman–Crippen LogP) is 4.43. The van der Waals surface area contributed by atoms with Gasteiger partial charge in [0.2, 0.25) is 0 Å². The van der Waals surface area contributed by atoms with E-state index in [1.165, 1.54) is 6.39 Å². The molecule has 1 heterocycles. The van der Waals surface area contributed by atoms with E-state index in [1.54, 1.807) is 30.5 Å². The molecule has 2 aromatic rings. The SMILES string of the molecule is CC.CC.Cc1cocn1.Oc1ccccc1. The van der Waals surface area contributed by atoms with Crippen LogP contribution in [0, 0.1) is 6.92 Å². The van der Waals surface area contributed by atoms with Crippen LogP contribution in [-0.4, -0.2) is 10.1 Å². The topological polar surface area (TPSA) is 46.3 Å². The molecule has 0 fully saturated rings. The van der Waals surface area contributed by atoms with Crippen LogP contribution in [0.15, 0.2) is 47.4 Å². The number of para-hydroxylation sites is 1. The van der Waals surface area contributed by atoms with Crippen molar-refractivity contribution in [1.82, 2.24) is 4.98 Å². The number of benzene rings is 1. The molecule has 0 unspecified atom stereocenters. The molecule has 0 aliphatic carbocycles. The Morgan fingerprint density at radius 3 is 1.71 bits per heavy atom. The highest BCUT2D eigenvalue weighted by Crippen LogP contribution is 2.02. The van der Waals surface area contributed by atoms with Crippen LogP contribution in [-0.2, 0) is 0 Å². The number of oxazole rings is 1. The van der Waals surface area contributed by atoms with Crippen molar-refractivity contribution in [2.75, 3.05) is 0 Å². The van der Waals surface area contributed by atoms with E-state index in [1.807, 2.05) is 40.7 Å². The highest BCUT2D eigenvalue weighted by molar-refractivity contribution is 5.18. The van der Waals surface area contributed by atoms with Crippen LogP contribution in [0.1, 0.15) is 33.4 Å². The number of hydrogen-bond donors (Lipinski definition) is 1. The second-order valence-electron chi connectivity index (χ2n) is 2.47. The van der Waals surface area contributed by atoms with Gasteiger partial charge in [-0.15, -0.1) is 0 Å². The van der Waals surface area contributed by atoms with Crippen LogP contribution in [0.25, 0.3) is 0 Å². The Bertz CT molecular complexity index is 317. The number of aryl methyl sites for hydroxylation is 1. The smallest absolute Gasteiger partial charge is 0.180 e. The van der Waals surface area contributed by atoms with E-state index in [0.717, 1.165) is 5.69 Å². The van der Waals surface area contributed by atoms with Gasteiger partial charge in [-0.2, -0.15) is 0 Å². The molecule has 0 aliphatic heterocycles. The maximum atomic E-state index is 8.63. The molecule has 2 rings (SSSR count). The van der Waals surface area contributed by atoms with E-state index in [9.17, 15) is 0 Å². The summed E-state index contributed by atoms with van der Waals surface area (Å²) in [5.41, 5.74) is 0.926. The maximum Gasteiger partial charge on any atom is 0.180 e. The molecular formula is C14H23NO2. The molecule has 1 aromatic carbocycles. The lowest BCUT2D eigenvalue weighted by molar-refractivity contribution is 0.475. The molecule has 1 aromatic heterocycles. The van der Waals surface area contributed by atoms with E-state index in [2.05, 4.69) is 9.40 Å². The van der Waals surface area contributed by atoms with Crippen LogP contribution in [0.5, 0.6) is 5.75 Å². The number of phenolic OH excluding ortho intramolecular Hbond substituents is 1. The minimum absolute atomic E-state index is 0.322. The monoisotopic (exact) mass is 237 g/mol. The van der Waals surface area contributed by atoms with Gasteiger partial charge in [0.1, 0.15) is 12.0 Å². The number of hydrogen-bond acceptors (Lipinski definition) is 3. The Labute approximate surface area is 104 Å². The molecule has 0 saturated carbocycles. The second-order valence-corrected chi connectivity index (χ2v) is 2.47. The summed E-state index contributed by atoms with van der Waals surface area (Å²) in [5, 5.41) is 8.63. The lowest BCUT2D eigenvalue weighted by atomic mass is 10.3. The average Bonchev–Trinajstić information content (AvgIpc) is 2.87. The van der Waals surface area contributed by atoms with Crippen molar-refractivity contribution >= 4 is 0 Å². The lowest BCUT2D eigenvalue weighted by Gasteiger charge is -1.82. The summed E-state index contributed by atoms with van der Waals surface area (Å²) < 4.78 is 4.60. The lowest BCUT2D eigenvalue weighted by Crippen LogP contribution is -1.59. The van der Waals surface area contributed by atoms with Gasteiger partial charge in [0.25, 0.3) is 0 Å². The van der Waals surface area contributed by atoms with Crippen molar-refractivity contribution in [1.29, 1.82) is 0 Å². The van der Waals surface area contributed by atoms with Crippen molar-refractivity contribution in [2.45, 2.75) is 34.6 Å². The van der Waals surface area contributed by atoms with E-state index < -0.39 is 0 Å². The first kappa shape index (κ1) is 17.6. The van der Waals surface area contributed by atoms with Crippen LogP contribution in [0.4, 0.5) is 0 Å². The second kappa shape index (κ2) is 14.2. The fourth-order valence-electron chi connectivity index (χ4n) is 0.701. The van der Waals surface area contributed by atoms with Gasteiger partial charge in [-0.3, -0.25) is 0 Å². The minimum atomic E-state index is 0.322. The van der Waals surface area contributed by atoms with Crippen LogP contribution in [0.3, 0.4) is 0 Å². The van der Waals surface area contributed by atoms with Gasteiger partial charge >= 0.3 is 0 Å². The highest BCUT2D eigenvalue weighted by atomic mass is 16.3. The van der Waals surface area contributed by atoms with Gasteiger partial charge in [-0.1, -0.05) is 45.9 Å². The van der Waals surface area contributed by atoms with Gasteiger partial charge in [0.15, 0.2) is 6.39 Å².